The zero-order valence-electron chi connectivity index (χ0n) is 30.6. The minimum atomic E-state index is -0.301. The number of furan rings is 1. The Hall–Kier alpha value is -7.28. The van der Waals surface area contributed by atoms with Crippen LogP contribution in [0.1, 0.15) is 22.9 Å². The van der Waals surface area contributed by atoms with Crippen LogP contribution in [0, 0.1) is 0 Å². The summed E-state index contributed by atoms with van der Waals surface area (Å²) in [5, 5.41) is 10.8. The molecule has 0 saturated carbocycles. The van der Waals surface area contributed by atoms with Gasteiger partial charge in [-0.2, -0.15) is 0 Å². The minimum absolute atomic E-state index is 0.301. The van der Waals surface area contributed by atoms with Crippen molar-refractivity contribution in [3.63, 3.8) is 0 Å². The Morgan fingerprint density at radius 3 is 1.98 bits per heavy atom. The molecule has 0 radical (unpaired) electrons. The van der Waals surface area contributed by atoms with E-state index in [0.717, 1.165) is 72.6 Å². The molecule has 0 spiro atoms. The van der Waals surface area contributed by atoms with Gasteiger partial charge in [0.2, 0.25) is 0 Å². The van der Waals surface area contributed by atoms with Gasteiger partial charge in [-0.1, -0.05) is 146 Å². The molecule has 11 aromatic rings. The smallest absolute Gasteiger partial charge is 0.159 e. The van der Waals surface area contributed by atoms with Crippen LogP contribution in [0.5, 0.6) is 0 Å². The Morgan fingerprint density at radius 1 is 0.544 bits per heavy atom. The fourth-order valence-corrected chi connectivity index (χ4v) is 9.90. The Bertz CT molecular complexity index is 3390. The average molecular weight is 749 g/mol. The number of nitrogens with one attached hydrogen (secondary N) is 1. The molecule has 0 fully saturated rings. The second-order valence-electron chi connectivity index (χ2n) is 14.5. The van der Waals surface area contributed by atoms with Gasteiger partial charge in [0.05, 0.1) is 16.7 Å². The molecule has 3 aromatic heterocycles. The standard InChI is InChI=1S/C51H32N4OS/c1-3-14-31(15-4-1)49-52-50(32-16-5-2-6-17-32)54-51(53-49)33-28-29-45-40(30-33)38-22-11-21-37(48(38)57-45)36-20-13-27-44-46(36)39-23-12-26-43(47(39)56-44)55-41-24-9-7-18-34(41)35-19-8-10-25-42(35)55/h1-30,51H,(H,52,53,54). The number of aliphatic imine (C=N–C) groups is 2. The van der Waals surface area contributed by atoms with E-state index in [9.17, 15) is 0 Å². The number of benzene rings is 8. The Balaban J connectivity index is 1.01. The number of aromatic nitrogens is 1. The molecule has 1 atom stereocenters. The van der Waals surface area contributed by atoms with Crippen molar-refractivity contribution < 1.29 is 4.42 Å². The van der Waals surface area contributed by atoms with E-state index in [1.807, 2.05) is 47.7 Å². The van der Waals surface area contributed by atoms with E-state index in [0.29, 0.717) is 0 Å². The summed E-state index contributed by atoms with van der Waals surface area (Å²) >= 11 is 1.84. The Morgan fingerprint density at radius 2 is 1.19 bits per heavy atom. The van der Waals surface area contributed by atoms with Crippen molar-refractivity contribution in [1.82, 2.24) is 9.88 Å². The first-order valence-electron chi connectivity index (χ1n) is 19.2. The fourth-order valence-electron chi connectivity index (χ4n) is 8.69. The molecule has 1 aliphatic rings. The van der Waals surface area contributed by atoms with Crippen molar-refractivity contribution in [1.29, 1.82) is 0 Å². The van der Waals surface area contributed by atoms with Crippen molar-refractivity contribution >= 4 is 86.9 Å². The van der Waals surface area contributed by atoms with Gasteiger partial charge in [0.15, 0.2) is 11.4 Å². The summed E-state index contributed by atoms with van der Waals surface area (Å²) < 4.78 is 11.7. The zero-order chi connectivity index (χ0) is 37.5. The number of para-hydroxylation sites is 3. The van der Waals surface area contributed by atoms with Gasteiger partial charge in [-0.25, -0.2) is 9.98 Å². The minimum Gasteiger partial charge on any atom is -0.454 e. The first-order valence-corrected chi connectivity index (χ1v) is 20.0. The number of hydrogen-bond acceptors (Lipinski definition) is 5. The summed E-state index contributed by atoms with van der Waals surface area (Å²) in [5.74, 6) is 1.53. The third-order valence-electron chi connectivity index (χ3n) is 11.3. The van der Waals surface area contributed by atoms with E-state index in [-0.39, 0.29) is 6.17 Å². The van der Waals surface area contributed by atoms with Gasteiger partial charge in [-0.3, -0.25) is 0 Å². The zero-order valence-corrected chi connectivity index (χ0v) is 31.4. The molecule has 1 unspecified atom stereocenters. The molecule has 5 nitrogen and oxygen atoms in total. The van der Waals surface area contributed by atoms with E-state index < -0.39 is 0 Å². The molecule has 1 aliphatic heterocycles. The molecule has 1 N–H and O–H groups in total. The molecule has 0 bridgehead atoms. The molecule has 268 valence electrons. The summed E-state index contributed by atoms with van der Waals surface area (Å²) in [4.78, 5) is 10.1. The summed E-state index contributed by atoms with van der Waals surface area (Å²) in [5.41, 5.74) is 10.6. The van der Waals surface area contributed by atoms with E-state index in [4.69, 9.17) is 14.4 Å². The van der Waals surface area contributed by atoms with Crippen molar-refractivity contribution in [3.8, 4) is 16.8 Å². The van der Waals surface area contributed by atoms with Gasteiger partial charge in [-0.05, 0) is 47.5 Å². The molecule has 0 saturated heterocycles. The van der Waals surface area contributed by atoms with E-state index in [2.05, 4.69) is 155 Å². The van der Waals surface area contributed by atoms with Gasteiger partial charge in [0, 0.05) is 58.4 Å². The lowest BCUT2D eigenvalue weighted by Crippen LogP contribution is -2.33. The third kappa shape index (κ3) is 5.01. The first-order chi connectivity index (χ1) is 28.3. The predicted molar refractivity (Wildman–Crippen MR) is 238 cm³/mol. The van der Waals surface area contributed by atoms with Crippen molar-refractivity contribution in [2.45, 2.75) is 6.17 Å². The average Bonchev–Trinajstić information content (AvgIpc) is 3.96. The lowest BCUT2D eigenvalue weighted by molar-refractivity contribution is 0.666. The van der Waals surface area contributed by atoms with Crippen LogP contribution < -0.4 is 5.32 Å². The highest BCUT2D eigenvalue weighted by molar-refractivity contribution is 7.26. The van der Waals surface area contributed by atoms with Crippen LogP contribution in [0.3, 0.4) is 0 Å². The lowest BCUT2D eigenvalue weighted by Gasteiger charge is -2.23. The van der Waals surface area contributed by atoms with Gasteiger partial charge in [0.1, 0.15) is 17.6 Å². The van der Waals surface area contributed by atoms with Gasteiger partial charge >= 0.3 is 0 Å². The first kappa shape index (κ1) is 32.0. The van der Waals surface area contributed by atoms with Gasteiger partial charge < -0.3 is 14.3 Å². The quantitative estimate of drug-likeness (QED) is 0.191. The number of amidine groups is 2. The Labute approximate surface area is 331 Å². The largest absolute Gasteiger partial charge is 0.454 e. The van der Waals surface area contributed by atoms with Crippen LogP contribution in [0.2, 0.25) is 0 Å². The molecule has 8 aromatic carbocycles. The van der Waals surface area contributed by atoms with E-state index in [1.54, 1.807) is 0 Å². The predicted octanol–water partition coefficient (Wildman–Crippen LogP) is 13.2. The van der Waals surface area contributed by atoms with Crippen LogP contribution in [0.15, 0.2) is 196 Å². The number of nitrogens with zero attached hydrogens (tertiary/aromatic N) is 3. The summed E-state index contributed by atoms with van der Waals surface area (Å²) in [6.45, 7) is 0. The van der Waals surface area contributed by atoms with Crippen molar-refractivity contribution in [3.05, 3.63) is 199 Å². The number of rotatable bonds is 5. The van der Waals surface area contributed by atoms with Gasteiger partial charge in [0.25, 0.3) is 0 Å². The molecular formula is C51H32N4OS. The van der Waals surface area contributed by atoms with Crippen LogP contribution in [-0.2, 0) is 0 Å². The maximum Gasteiger partial charge on any atom is 0.159 e. The normalized spacial score (nSPS) is 14.5. The SMILES string of the molecule is c1ccc(C2=NC(c3ccc4sc5c(-c6cccc7oc8c(-n9c%10ccccc%10c%10ccccc%109)cccc8c67)cccc5c4c3)NC(c3ccccc3)=N2)cc1. The Kier molecular flexibility index (Phi) is 7.09. The summed E-state index contributed by atoms with van der Waals surface area (Å²) in [6.07, 6.45) is -0.301. The van der Waals surface area contributed by atoms with Crippen LogP contribution in [0.4, 0.5) is 0 Å². The summed E-state index contributed by atoms with van der Waals surface area (Å²) in [6, 6.07) is 64.2. The van der Waals surface area contributed by atoms with Crippen LogP contribution in [0.25, 0.3) is 80.7 Å². The highest BCUT2D eigenvalue weighted by Gasteiger charge is 2.24. The highest BCUT2D eigenvalue weighted by atomic mass is 32.1. The molecule has 0 aliphatic carbocycles. The molecule has 0 amide bonds. The molecule has 57 heavy (non-hydrogen) atoms. The summed E-state index contributed by atoms with van der Waals surface area (Å²) in [7, 11) is 0. The van der Waals surface area contributed by atoms with Crippen molar-refractivity contribution in [2.24, 2.45) is 9.98 Å². The maximum absolute atomic E-state index is 6.86. The van der Waals surface area contributed by atoms with E-state index >= 15 is 0 Å². The number of hydrogen-bond donors (Lipinski definition) is 1. The maximum atomic E-state index is 6.86. The monoisotopic (exact) mass is 748 g/mol. The third-order valence-corrected chi connectivity index (χ3v) is 12.5. The lowest BCUT2D eigenvalue weighted by atomic mass is 9.97. The molecule has 4 heterocycles. The van der Waals surface area contributed by atoms with Gasteiger partial charge in [-0.15, -0.1) is 11.3 Å². The number of thiophene rings is 1. The highest BCUT2D eigenvalue weighted by Crippen LogP contribution is 2.46. The van der Waals surface area contributed by atoms with Crippen LogP contribution in [-0.4, -0.2) is 16.2 Å². The molecule has 12 rings (SSSR count). The molecular weight excluding hydrogens is 717 g/mol. The molecule has 6 heteroatoms. The number of fused-ring (bicyclic) bond motifs is 9. The topological polar surface area (TPSA) is 54.8 Å². The van der Waals surface area contributed by atoms with E-state index in [1.165, 1.54) is 36.5 Å². The van der Waals surface area contributed by atoms with Crippen molar-refractivity contribution in [2.75, 3.05) is 0 Å². The second-order valence-corrected chi connectivity index (χ2v) is 15.6. The van der Waals surface area contributed by atoms with Crippen LogP contribution >= 0.6 is 11.3 Å². The fraction of sp³-hybridized carbons (Fsp3) is 0.0196. The second kappa shape index (κ2) is 12.6.